The third kappa shape index (κ3) is 1.80. The van der Waals surface area contributed by atoms with E-state index >= 15 is 0 Å². The molecule has 2 nitrogen and oxygen atoms in total. The molecule has 0 unspecified atom stereocenters. The van der Waals surface area contributed by atoms with Gasteiger partial charge in [0.1, 0.15) is 0 Å². The van der Waals surface area contributed by atoms with Crippen LogP contribution in [0.15, 0.2) is 23.9 Å². The van der Waals surface area contributed by atoms with E-state index in [0.29, 0.717) is 11.3 Å². The van der Waals surface area contributed by atoms with E-state index in [-0.39, 0.29) is 6.61 Å². The zero-order valence-corrected chi connectivity index (χ0v) is 5.02. The molecule has 0 saturated heterocycles. The minimum absolute atomic E-state index is 0.0220. The molecule has 0 heterocycles. The van der Waals surface area contributed by atoms with E-state index in [2.05, 4.69) is 6.58 Å². The molecular formula is C6H11NO. The van der Waals surface area contributed by atoms with Gasteiger partial charge < -0.3 is 10.8 Å². The van der Waals surface area contributed by atoms with E-state index in [1.165, 1.54) is 0 Å². The lowest BCUT2D eigenvalue weighted by Gasteiger charge is -1.98. The number of allylic oxidation sites excluding steroid dienone is 1. The third-order valence-corrected chi connectivity index (χ3v) is 0.931. The second-order valence-electron chi connectivity index (χ2n) is 1.50. The summed E-state index contributed by atoms with van der Waals surface area (Å²) in [5.41, 5.74) is 6.37. The smallest absolute Gasteiger partial charge is 0.0698 e. The third-order valence-electron chi connectivity index (χ3n) is 0.931. The number of aliphatic hydroxyl groups excluding tert-OH is 1. The average molecular weight is 113 g/mol. The minimum atomic E-state index is -0.0220. The molecule has 0 aliphatic rings. The van der Waals surface area contributed by atoms with Gasteiger partial charge in [-0.2, -0.15) is 0 Å². The van der Waals surface area contributed by atoms with Crippen molar-refractivity contribution in [2.45, 2.75) is 6.92 Å². The Morgan fingerprint density at radius 3 is 2.38 bits per heavy atom. The second kappa shape index (κ2) is 3.27. The zero-order chi connectivity index (χ0) is 6.57. The molecule has 0 aliphatic heterocycles. The SMILES string of the molecule is C=C(N)/C(=C\C)CO. The van der Waals surface area contributed by atoms with Crippen molar-refractivity contribution < 1.29 is 5.11 Å². The largest absolute Gasteiger partial charge is 0.399 e. The maximum atomic E-state index is 8.49. The van der Waals surface area contributed by atoms with E-state index in [0.717, 1.165) is 0 Å². The standard InChI is InChI=1S/C6H11NO/c1-3-6(4-8)5(2)7/h3,8H,2,4,7H2,1H3/b6-3-. The first kappa shape index (κ1) is 7.24. The van der Waals surface area contributed by atoms with Gasteiger partial charge in [0.2, 0.25) is 0 Å². The van der Waals surface area contributed by atoms with Gasteiger partial charge in [0, 0.05) is 5.70 Å². The first-order valence-corrected chi connectivity index (χ1v) is 2.43. The Morgan fingerprint density at radius 2 is 2.38 bits per heavy atom. The number of nitrogens with two attached hydrogens (primary N) is 1. The van der Waals surface area contributed by atoms with Crippen LogP contribution in [0.4, 0.5) is 0 Å². The van der Waals surface area contributed by atoms with E-state index in [9.17, 15) is 0 Å². The van der Waals surface area contributed by atoms with Crippen LogP contribution in [-0.2, 0) is 0 Å². The summed E-state index contributed by atoms with van der Waals surface area (Å²) in [6.45, 7) is 5.23. The zero-order valence-electron chi connectivity index (χ0n) is 5.02. The summed E-state index contributed by atoms with van der Waals surface area (Å²) in [7, 11) is 0. The summed E-state index contributed by atoms with van der Waals surface area (Å²) < 4.78 is 0. The van der Waals surface area contributed by atoms with Crippen molar-refractivity contribution in [2.75, 3.05) is 6.61 Å². The van der Waals surface area contributed by atoms with Gasteiger partial charge in [0.15, 0.2) is 0 Å². The molecule has 8 heavy (non-hydrogen) atoms. The summed E-state index contributed by atoms with van der Waals surface area (Å²) >= 11 is 0. The maximum Gasteiger partial charge on any atom is 0.0698 e. The summed E-state index contributed by atoms with van der Waals surface area (Å²) in [6, 6.07) is 0. The molecule has 3 N–H and O–H groups in total. The number of hydrogen-bond donors (Lipinski definition) is 2. The molecule has 0 fully saturated rings. The summed E-state index contributed by atoms with van der Waals surface area (Å²) in [5, 5.41) is 8.49. The highest BCUT2D eigenvalue weighted by molar-refractivity contribution is 5.24. The van der Waals surface area contributed by atoms with Crippen LogP contribution in [-0.4, -0.2) is 11.7 Å². The van der Waals surface area contributed by atoms with Gasteiger partial charge in [-0.05, 0) is 12.5 Å². The Bertz CT molecular complexity index is 116. The molecule has 46 valence electrons. The van der Waals surface area contributed by atoms with Crippen LogP contribution in [0.3, 0.4) is 0 Å². The lowest BCUT2D eigenvalue weighted by Crippen LogP contribution is -2.01. The first-order valence-electron chi connectivity index (χ1n) is 2.43. The second-order valence-corrected chi connectivity index (χ2v) is 1.50. The van der Waals surface area contributed by atoms with Crippen LogP contribution in [0.5, 0.6) is 0 Å². The summed E-state index contributed by atoms with van der Waals surface area (Å²) in [5.74, 6) is 0. The van der Waals surface area contributed by atoms with Crippen LogP contribution in [0, 0.1) is 0 Å². The summed E-state index contributed by atoms with van der Waals surface area (Å²) in [4.78, 5) is 0. The van der Waals surface area contributed by atoms with Gasteiger partial charge in [-0.1, -0.05) is 12.7 Å². The fourth-order valence-electron chi connectivity index (χ4n) is 0.378. The van der Waals surface area contributed by atoms with Gasteiger partial charge in [-0.25, -0.2) is 0 Å². The Balaban J connectivity index is 3.92. The monoisotopic (exact) mass is 113 g/mol. The molecule has 0 aromatic carbocycles. The maximum absolute atomic E-state index is 8.49. The molecule has 0 aliphatic carbocycles. The average Bonchev–Trinajstić information content (AvgIpc) is 1.69. The van der Waals surface area contributed by atoms with Crippen molar-refractivity contribution in [3.05, 3.63) is 23.9 Å². The van der Waals surface area contributed by atoms with Gasteiger partial charge >= 0.3 is 0 Å². The van der Waals surface area contributed by atoms with E-state index in [4.69, 9.17) is 10.8 Å². The van der Waals surface area contributed by atoms with Crippen LogP contribution in [0.2, 0.25) is 0 Å². The number of hydrogen-bond acceptors (Lipinski definition) is 2. The molecular weight excluding hydrogens is 102 g/mol. The summed E-state index contributed by atoms with van der Waals surface area (Å²) in [6.07, 6.45) is 1.74. The Kier molecular flexibility index (Phi) is 2.96. The molecule has 2 heteroatoms. The van der Waals surface area contributed by atoms with E-state index < -0.39 is 0 Å². The lowest BCUT2D eigenvalue weighted by molar-refractivity contribution is 0.333. The molecule has 0 saturated carbocycles. The first-order chi connectivity index (χ1) is 3.72. The van der Waals surface area contributed by atoms with Crippen molar-refractivity contribution in [3.8, 4) is 0 Å². The van der Waals surface area contributed by atoms with Gasteiger partial charge in [-0.15, -0.1) is 0 Å². The highest BCUT2D eigenvalue weighted by atomic mass is 16.3. The minimum Gasteiger partial charge on any atom is -0.399 e. The quantitative estimate of drug-likeness (QED) is 0.509. The Morgan fingerprint density at radius 1 is 1.88 bits per heavy atom. The van der Waals surface area contributed by atoms with Crippen molar-refractivity contribution in [2.24, 2.45) is 5.73 Å². The fraction of sp³-hybridized carbons (Fsp3) is 0.333. The van der Waals surface area contributed by atoms with Crippen molar-refractivity contribution in [1.29, 1.82) is 0 Å². The Hall–Kier alpha value is -0.760. The van der Waals surface area contributed by atoms with E-state index in [1.54, 1.807) is 6.08 Å². The van der Waals surface area contributed by atoms with Gasteiger partial charge in [-0.3, -0.25) is 0 Å². The normalized spacial score (nSPS) is 11.5. The van der Waals surface area contributed by atoms with Gasteiger partial charge in [0.25, 0.3) is 0 Å². The highest BCUT2D eigenvalue weighted by Crippen LogP contribution is 1.97. The molecule has 0 amide bonds. The van der Waals surface area contributed by atoms with Crippen LogP contribution in [0.25, 0.3) is 0 Å². The van der Waals surface area contributed by atoms with Crippen LogP contribution >= 0.6 is 0 Å². The fourth-order valence-corrected chi connectivity index (χ4v) is 0.378. The van der Waals surface area contributed by atoms with Crippen molar-refractivity contribution >= 4 is 0 Å². The highest BCUT2D eigenvalue weighted by Gasteiger charge is 1.90. The molecule has 0 radical (unpaired) electrons. The number of aliphatic hydroxyl groups is 1. The molecule has 0 spiro atoms. The van der Waals surface area contributed by atoms with Crippen LogP contribution < -0.4 is 5.73 Å². The molecule has 0 aromatic heterocycles. The van der Waals surface area contributed by atoms with Crippen LogP contribution in [0.1, 0.15) is 6.92 Å². The van der Waals surface area contributed by atoms with Crippen molar-refractivity contribution in [1.82, 2.24) is 0 Å². The number of rotatable bonds is 2. The molecule has 0 atom stereocenters. The predicted octanol–water partition coefficient (Wildman–Crippen LogP) is 0.397. The lowest BCUT2D eigenvalue weighted by atomic mass is 10.2. The Labute approximate surface area is 49.3 Å². The molecule has 0 rings (SSSR count). The van der Waals surface area contributed by atoms with E-state index in [1.807, 2.05) is 6.92 Å². The van der Waals surface area contributed by atoms with Crippen molar-refractivity contribution in [3.63, 3.8) is 0 Å². The van der Waals surface area contributed by atoms with Gasteiger partial charge in [0.05, 0.1) is 6.61 Å². The topological polar surface area (TPSA) is 46.2 Å². The predicted molar refractivity (Wildman–Crippen MR) is 34.2 cm³/mol. The molecule has 0 aromatic rings. The molecule has 0 bridgehead atoms.